The van der Waals surface area contributed by atoms with E-state index in [9.17, 15) is 0 Å². The number of nitrogens with zero attached hydrogens (tertiary/aromatic N) is 2. The fraction of sp³-hybridized carbons (Fsp3) is 0.300. The molecule has 0 amide bonds. The molecule has 1 aromatic carbocycles. The number of nitrogens with two attached hydrogens (primary N) is 3. The Hall–Kier alpha value is -1.95. The van der Waals surface area contributed by atoms with Crippen molar-refractivity contribution in [1.29, 1.82) is 0 Å². The second kappa shape index (κ2) is 3.90. The number of hydrazine groups is 1. The van der Waals surface area contributed by atoms with Gasteiger partial charge in [-0.2, -0.15) is 5.10 Å². The summed E-state index contributed by atoms with van der Waals surface area (Å²) in [4.78, 5) is 0. The molecular weight excluding hydrogens is 206 g/mol. The van der Waals surface area contributed by atoms with Crippen LogP contribution in [-0.4, -0.2) is 23.5 Å². The average molecular weight is 221 g/mol. The maximum atomic E-state index is 5.86. The molecule has 0 saturated heterocycles. The summed E-state index contributed by atoms with van der Waals surface area (Å²) in [5, 5.41) is 5.16. The van der Waals surface area contributed by atoms with E-state index in [4.69, 9.17) is 22.2 Å². The molecule has 16 heavy (non-hydrogen) atoms. The summed E-state index contributed by atoms with van der Waals surface area (Å²) >= 11 is 0. The van der Waals surface area contributed by atoms with Crippen LogP contribution in [0.2, 0.25) is 0 Å². The minimum Gasteiger partial charge on any atom is -0.486 e. The fourth-order valence-electron chi connectivity index (χ4n) is 1.76. The molecule has 0 aromatic heterocycles. The molecule has 86 valence electrons. The van der Waals surface area contributed by atoms with Crippen LogP contribution in [0.15, 0.2) is 23.3 Å². The maximum absolute atomic E-state index is 5.86. The van der Waals surface area contributed by atoms with E-state index < -0.39 is 0 Å². The molecule has 1 heterocycles. The standard InChI is InChI=1S/C10H15N5O/c1-6-5-15(13)10(14-12)7-3-2-4-8(11)9(7)16-6/h2-4,6H,5,11-13H2,1H3/b14-10-. The SMILES string of the molecule is CC1CN(N)/C(=N\N)c2cccc(N)c2O1. The summed E-state index contributed by atoms with van der Waals surface area (Å²) < 4.78 is 5.71. The number of anilines is 1. The molecule has 2 rings (SSSR count). The van der Waals surface area contributed by atoms with Crippen LogP contribution in [0.3, 0.4) is 0 Å². The highest BCUT2D eigenvalue weighted by molar-refractivity contribution is 6.02. The molecule has 1 aliphatic heterocycles. The molecule has 6 nitrogen and oxygen atoms in total. The van der Waals surface area contributed by atoms with Gasteiger partial charge in [-0.25, -0.2) is 5.84 Å². The molecule has 1 aromatic rings. The van der Waals surface area contributed by atoms with Crippen LogP contribution in [0.1, 0.15) is 12.5 Å². The Labute approximate surface area is 93.6 Å². The van der Waals surface area contributed by atoms with Gasteiger partial charge < -0.3 is 16.3 Å². The lowest BCUT2D eigenvalue weighted by atomic mass is 10.1. The molecule has 6 N–H and O–H groups in total. The van der Waals surface area contributed by atoms with Crippen molar-refractivity contribution >= 4 is 11.5 Å². The van der Waals surface area contributed by atoms with E-state index in [0.717, 1.165) is 0 Å². The number of amidine groups is 1. The van der Waals surface area contributed by atoms with E-state index in [1.807, 2.05) is 19.1 Å². The lowest BCUT2D eigenvalue weighted by Crippen LogP contribution is -2.42. The first-order chi connectivity index (χ1) is 7.63. The minimum atomic E-state index is -0.0762. The van der Waals surface area contributed by atoms with Gasteiger partial charge in [0.15, 0.2) is 11.6 Å². The van der Waals surface area contributed by atoms with Gasteiger partial charge in [0.05, 0.1) is 17.8 Å². The number of para-hydroxylation sites is 1. The predicted octanol–water partition coefficient (Wildman–Crippen LogP) is -0.154. The normalized spacial score (nSPS) is 22.5. The van der Waals surface area contributed by atoms with Crippen LogP contribution < -0.4 is 22.2 Å². The highest BCUT2D eigenvalue weighted by Gasteiger charge is 2.24. The Morgan fingerprint density at radius 3 is 2.94 bits per heavy atom. The van der Waals surface area contributed by atoms with Crippen LogP contribution in [0.4, 0.5) is 5.69 Å². The monoisotopic (exact) mass is 221 g/mol. The fourth-order valence-corrected chi connectivity index (χ4v) is 1.76. The Morgan fingerprint density at radius 2 is 2.25 bits per heavy atom. The lowest BCUT2D eigenvalue weighted by molar-refractivity contribution is 0.193. The van der Waals surface area contributed by atoms with Crippen LogP contribution in [-0.2, 0) is 0 Å². The third kappa shape index (κ3) is 1.63. The van der Waals surface area contributed by atoms with Crippen molar-refractivity contribution in [3.8, 4) is 5.75 Å². The molecule has 1 aliphatic rings. The topological polar surface area (TPSA) is 103 Å². The summed E-state index contributed by atoms with van der Waals surface area (Å²) in [5.74, 6) is 12.3. The molecule has 0 saturated carbocycles. The number of hydrogen-bond donors (Lipinski definition) is 3. The first-order valence-electron chi connectivity index (χ1n) is 4.99. The zero-order valence-electron chi connectivity index (χ0n) is 9.05. The Morgan fingerprint density at radius 1 is 1.50 bits per heavy atom. The van der Waals surface area contributed by atoms with Gasteiger partial charge in [-0.1, -0.05) is 6.07 Å². The van der Waals surface area contributed by atoms with Crippen molar-refractivity contribution in [1.82, 2.24) is 5.01 Å². The predicted molar refractivity (Wildman–Crippen MR) is 62.6 cm³/mol. The van der Waals surface area contributed by atoms with Crippen LogP contribution in [0.25, 0.3) is 0 Å². The van der Waals surface area contributed by atoms with Gasteiger partial charge in [-0.15, -0.1) is 0 Å². The van der Waals surface area contributed by atoms with Gasteiger partial charge in [-0.05, 0) is 19.1 Å². The highest BCUT2D eigenvalue weighted by atomic mass is 16.5. The number of hydrazone groups is 1. The molecule has 0 fully saturated rings. The minimum absolute atomic E-state index is 0.0762. The van der Waals surface area contributed by atoms with Crippen LogP contribution in [0.5, 0.6) is 5.75 Å². The second-order valence-electron chi connectivity index (χ2n) is 3.76. The lowest BCUT2D eigenvalue weighted by Gasteiger charge is -2.18. The summed E-state index contributed by atoms with van der Waals surface area (Å²) in [6.07, 6.45) is -0.0762. The van der Waals surface area contributed by atoms with Crippen molar-refractivity contribution in [2.24, 2.45) is 16.8 Å². The Kier molecular flexibility index (Phi) is 2.57. The largest absolute Gasteiger partial charge is 0.486 e. The first-order valence-corrected chi connectivity index (χ1v) is 4.99. The molecule has 0 bridgehead atoms. The molecule has 0 aliphatic carbocycles. The second-order valence-corrected chi connectivity index (χ2v) is 3.76. The number of hydrogen-bond acceptors (Lipinski definition) is 5. The van der Waals surface area contributed by atoms with Crippen molar-refractivity contribution < 1.29 is 4.74 Å². The third-order valence-corrected chi connectivity index (χ3v) is 2.45. The van der Waals surface area contributed by atoms with E-state index in [1.165, 1.54) is 5.01 Å². The number of fused-ring (bicyclic) bond motifs is 1. The van der Waals surface area contributed by atoms with Gasteiger partial charge in [0.25, 0.3) is 0 Å². The van der Waals surface area contributed by atoms with Crippen LogP contribution in [0, 0.1) is 0 Å². The number of rotatable bonds is 0. The number of benzene rings is 1. The van der Waals surface area contributed by atoms with Crippen molar-refractivity contribution in [2.45, 2.75) is 13.0 Å². The van der Waals surface area contributed by atoms with Gasteiger partial charge in [0.1, 0.15) is 6.10 Å². The molecule has 6 heteroatoms. The van der Waals surface area contributed by atoms with E-state index in [1.54, 1.807) is 6.07 Å². The zero-order valence-corrected chi connectivity index (χ0v) is 9.05. The van der Waals surface area contributed by atoms with E-state index in [2.05, 4.69) is 5.10 Å². The first kappa shape index (κ1) is 10.6. The van der Waals surface area contributed by atoms with Crippen molar-refractivity contribution in [3.63, 3.8) is 0 Å². The zero-order chi connectivity index (χ0) is 11.7. The van der Waals surface area contributed by atoms with E-state index in [0.29, 0.717) is 29.4 Å². The van der Waals surface area contributed by atoms with Gasteiger partial charge in [0, 0.05) is 0 Å². The smallest absolute Gasteiger partial charge is 0.173 e. The highest BCUT2D eigenvalue weighted by Crippen LogP contribution is 2.30. The third-order valence-electron chi connectivity index (χ3n) is 2.45. The maximum Gasteiger partial charge on any atom is 0.173 e. The molecular formula is C10H15N5O. The van der Waals surface area contributed by atoms with E-state index in [-0.39, 0.29) is 6.10 Å². The van der Waals surface area contributed by atoms with Crippen molar-refractivity contribution in [2.75, 3.05) is 12.3 Å². The molecule has 0 radical (unpaired) electrons. The van der Waals surface area contributed by atoms with E-state index >= 15 is 0 Å². The summed E-state index contributed by atoms with van der Waals surface area (Å²) in [7, 11) is 0. The van der Waals surface area contributed by atoms with Crippen molar-refractivity contribution in [3.05, 3.63) is 23.8 Å². The number of nitrogen functional groups attached to an aromatic ring is 1. The Bertz CT molecular complexity index is 431. The molecule has 0 spiro atoms. The van der Waals surface area contributed by atoms with Gasteiger partial charge in [0.2, 0.25) is 0 Å². The summed E-state index contributed by atoms with van der Waals surface area (Å²) in [6, 6.07) is 5.41. The summed E-state index contributed by atoms with van der Waals surface area (Å²) in [6.45, 7) is 2.42. The van der Waals surface area contributed by atoms with Crippen LogP contribution >= 0.6 is 0 Å². The average Bonchev–Trinajstić information content (AvgIpc) is 2.35. The number of ether oxygens (including phenoxy) is 1. The Balaban J connectivity index is 2.59. The van der Waals surface area contributed by atoms with Gasteiger partial charge >= 0.3 is 0 Å². The summed E-state index contributed by atoms with van der Waals surface area (Å²) in [5.41, 5.74) is 7.13. The quantitative estimate of drug-likeness (QED) is 0.321. The van der Waals surface area contributed by atoms with Gasteiger partial charge in [-0.3, -0.25) is 5.01 Å². The molecule has 1 unspecified atom stereocenters. The molecule has 1 atom stereocenters.